The summed E-state index contributed by atoms with van der Waals surface area (Å²) in [5, 5.41) is 0. The van der Waals surface area contributed by atoms with Crippen molar-refractivity contribution in [3.05, 3.63) is 12.7 Å². The van der Waals surface area contributed by atoms with Crippen LogP contribution in [0.25, 0.3) is 0 Å². The normalized spacial score (nSPS) is 36.3. The van der Waals surface area contributed by atoms with Gasteiger partial charge in [0.25, 0.3) is 0 Å². The van der Waals surface area contributed by atoms with Gasteiger partial charge in [-0.25, -0.2) is 0 Å². The average Bonchev–Trinajstić information content (AvgIpc) is 2.67. The molecule has 0 amide bonds. The monoisotopic (exact) mass is 180 g/mol. The fraction of sp³-hybridized carbons (Fsp3) is 0.833. The minimum absolute atomic E-state index is 0.512. The molecule has 2 fully saturated rings. The van der Waals surface area contributed by atoms with Crippen LogP contribution >= 0.6 is 0 Å². The minimum atomic E-state index is 0.512. The maximum atomic E-state index is 5.82. The fourth-order valence-electron chi connectivity index (χ4n) is 2.83. The van der Waals surface area contributed by atoms with Crippen LogP contribution in [0.5, 0.6) is 0 Å². The van der Waals surface area contributed by atoms with Crippen molar-refractivity contribution in [3.63, 3.8) is 0 Å². The molecule has 0 aromatic rings. The maximum absolute atomic E-state index is 5.82. The zero-order valence-electron chi connectivity index (χ0n) is 8.37. The highest BCUT2D eigenvalue weighted by atomic mass is 16.5. The standard InChI is InChI=1S/C12H20O/c1-2-10-8-9-13-12(10)11-6-4-3-5-7-11/h2,10-12H,1,3-9H2/t10-,12+/m1/s1. The van der Waals surface area contributed by atoms with Crippen molar-refractivity contribution in [1.82, 2.24) is 0 Å². The summed E-state index contributed by atoms with van der Waals surface area (Å²) in [5.41, 5.74) is 0. The first-order valence-corrected chi connectivity index (χ1v) is 5.66. The average molecular weight is 180 g/mol. The molecule has 2 rings (SSSR count). The second-order valence-corrected chi connectivity index (χ2v) is 4.42. The van der Waals surface area contributed by atoms with Gasteiger partial charge in [0.15, 0.2) is 0 Å². The van der Waals surface area contributed by atoms with Crippen LogP contribution in [0.15, 0.2) is 12.7 Å². The first-order chi connectivity index (χ1) is 6.42. The molecule has 74 valence electrons. The van der Waals surface area contributed by atoms with Crippen molar-refractivity contribution < 1.29 is 4.74 Å². The van der Waals surface area contributed by atoms with Crippen molar-refractivity contribution in [2.45, 2.75) is 44.6 Å². The third kappa shape index (κ3) is 1.96. The molecule has 0 bridgehead atoms. The molecule has 2 aliphatic rings. The Labute approximate surface area is 81.2 Å². The second kappa shape index (κ2) is 4.28. The summed E-state index contributed by atoms with van der Waals surface area (Å²) in [6.45, 7) is 4.86. The summed E-state index contributed by atoms with van der Waals surface area (Å²) >= 11 is 0. The summed E-state index contributed by atoms with van der Waals surface area (Å²) in [5.74, 6) is 1.47. The van der Waals surface area contributed by atoms with E-state index in [0.717, 1.165) is 12.5 Å². The largest absolute Gasteiger partial charge is 0.377 e. The van der Waals surface area contributed by atoms with Crippen LogP contribution < -0.4 is 0 Å². The molecule has 1 saturated heterocycles. The summed E-state index contributed by atoms with van der Waals surface area (Å²) in [6.07, 6.45) is 10.8. The lowest BCUT2D eigenvalue weighted by molar-refractivity contribution is 0.0351. The molecular weight excluding hydrogens is 160 g/mol. The summed E-state index contributed by atoms with van der Waals surface area (Å²) < 4.78 is 5.82. The van der Waals surface area contributed by atoms with E-state index in [0.29, 0.717) is 12.0 Å². The Kier molecular flexibility index (Phi) is 3.05. The third-order valence-corrected chi connectivity index (χ3v) is 3.60. The van der Waals surface area contributed by atoms with Crippen LogP contribution in [-0.4, -0.2) is 12.7 Å². The van der Waals surface area contributed by atoms with Crippen molar-refractivity contribution in [3.8, 4) is 0 Å². The van der Waals surface area contributed by atoms with Gasteiger partial charge in [0.1, 0.15) is 0 Å². The van der Waals surface area contributed by atoms with Gasteiger partial charge in [-0.2, -0.15) is 0 Å². The van der Waals surface area contributed by atoms with Gasteiger partial charge in [-0.3, -0.25) is 0 Å². The molecule has 1 aliphatic heterocycles. The number of rotatable bonds is 2. The highest BCUT2D eigenvalue weighted by Crippen LogP contribution is 2.35. The second-order valence-electron chi connectivity index (χ2n) is 4.42. The van der Waals surface area contributed by atoms with E-state index in [2.05, 4.69) is 12.7 Å². The summed E-state index contributed by atoms with van der Waals surface area (Å²) in [6, 6.07) is 0. The fourth-order valence-corrected chi connectivity index (χ4v) is 2.83. The zero-order chi connectivity index (χ0) is 9.10. The first kappa shape index (κ1) is 9.26. The third-order valence-electron chi connectivity index (χ3n) is 3.60. The van der Waals surface area contributed by atoms with Gasteiger partial charge in [-0.1, -0.05) is 25.3 Å². The topological polar surface area (TPSA) is 9.23 Å². The lowest BCUT2D eigenvalue weighted by Gasteiger charge is -2.29. The predicted octanol–water partition coefficient (Wildman–Crippen LogP) is 3.16. The smallest absolute Gasteiger partial charge is 0.0666 e. The van der Waals surface area contributed by atoms with Crippen molar-refractivity contribution in [1.29, 1.82) is 0 Å². The SMILES string of the molecule is C=C[C@@H]1CCO[C@@H]1C1CCCCC1. The first-order valence-electron chi connectivity index (χ1n) is 5.66. The Morgan fingerprint density at radius 2 is 1.85 bits per heavy atom. The van der Waals surface area contributed by atoms with E-state index in [4.69, 9.17) is 4.74 Å². The Balaban J connectivity index is 1.93. The molecule has 0 aromatic carbocycles. The molecule has 0 radical (unpaired) electrons. The lowest BCUT2D eigenvalue weighted by Crippen LogP contribution is -2.27. The quantitative estimate of drug-likeness (QED) is 0.593. The van der Waals surface area contributed by atoms with Gasteiger partial charge in [0.05, 0.1) is 6.10 Å². The maximum Gasteiger partial charge on any atom is 0.0666 e. The van der Waals surface area contributed by atoms with E-state index in [1.54, 1.807) is 0 Å². The van der Waals surface area contributed by atoms with Gasteiger partial charge in [-0.15, -0.1) is 6.58 Å². The Morgan fingerprint density at radius 1 is 1.08 bits per heavy atom. The van der Waals surface area contributed by atoms with Crippen molar-refractivity contribution in [2.24, 2.45) is 11.8 Å². The van der Waals surface area contributed by atoms with E-state index in [-0.39, 0.29) is 0 Å². The molecule has 0 spiro atoms. The zero-order valence-corrected chi connectivity index (χ0v) is 8.37. The molecule has 0 aromatic heterocycles. The Hall–Kier alpha value is -0.300. The van der Waals surface area contributed by atoms with Crippen LogP contribution in [-0.2, 0) is 4.74 Å². The molecule has 1 nitrogen and oxygen atoms in total. The van der Waals surface area contributed by atoms with Gasteiger partial charge in [0, 0.05) is 12.5 Å². The van der Waals surface area contributed by atoms with Gasteiger partial charge >= 0.3 is 0 Å². The molecule has 1 heteroatoms. The number of hydrogen-bond acceptors (Lipinski definition) is 1. The van der Waals surface area contributed by atoms with E-state index in [1.807, 2.05) is 0 Å². The number of ether oxygens (including phenoxy) is 1. The van der Waals surface area contributed by atoms with Gasteiger partial charge in [0.2, 0.25) is 0 Å². The van der Waals surface area contributed by atoms with Crippen LogP contribution in [0.2, 0.25) is 0 Å². The molecule has 2 atom stereocenters. The Morgan fingerprint density at radius 3 is 2.54 bits per heavy atom. The molecule has 13 heavy (non-hydrogen) atoms. The van der Waals surface area contributed by atoms with Crippen LogP contribution in [0.3, 0.4) is 0 Å². The molecule has 1 aliphatic carbocycles. The van der Waals surface area contributed by atoms with Crippen LogP contribution in [0.1, 0.15) is 38.5 Å². The Bertz CT molecular complexity index is 170. The van der Waals surface area contributed by atoms with Crippen LogP contribution in [0, 0.1) is 11.8 Å². The highest BCUT2D eigenvalue weighted by Gasteiger charge is 2.33. The molecule has 1 heterocycles. The molecule has 1 saturated carbocycles. The van der Waals surface area contributed by atoms with Crippen LogP contribution in [0.4, 0.5) is 0 Å². The highest BCUT2D eigenvalue weighted by molar-refractivity contribution is 4.93. The van der Waals surface area contributed by atoms with E-state index in [1.165, 1.54) is 38.5 Å². The molecule has 0 N–H and O–H groups in total. The minimum Gasteiger partial charge on any atom is -0.377 e. The van der Waals surface area contributed by atoms with Gasteiger partial charge in [-0.05, 0) is 25.2 Å². The summed E-state index contributed by atoms with van der Waals surface area (Å²) in [4.78, 5) is 0. The molecular formula is C12H20O. The van der Waals surface area contributed by atoms with E-state index >= 15 is 0 Å². The van der Waals surface area contributed by atoms with Gasteiger partial charge < -0.3 is 4.74 Å². The lowest BCUT2D eigenvalue weighted by atomic mass is 9.80. The predicted molar refractivity (Wildman–Crippen MR) is 54.6 cm³/mol. The van der Waals surface area contributed by atoms with Crippen molar-refractivity contribution >= 4 is 0 Å². The van der Waals surface area contributed by atoms with Crippen molar-refractivity contribution in [2.75, 3.05) is 6.61 Å². The van der Waals surface area contributed by atoms with E-state index in [9.17, 15) is 0 Å². The number of hydrogen-bond donors (Lipinski definition) is 0. The van der Waals surface area contributed by atoms with E-state index < -0.39 is 0 Å². The summed E-state index contributed by atoms with van der Waals surface area (Å²) in [7, 11) is 0. The molecule has 0 unspecified atom stereocenters.